The maximum absolute atomic E-state index is 12.8. The third kappa shape index (κ3) is 5.85. The van der Waals surface area contributed by atoms with Crippen LogP contribution in [0.5, 0.6) is 5.75 Å². The summed E-state index contributed by atoms with van der Waals surface area (Å²) in [5.41, 5.74) is 2.89. The van der Waals surface area contributed by atoms with Crippen LogP contribution >= 0.6 is 0 Å². The summed E-state index contributed by atoms with van der Waals surface area (Å²) in [5, 5.41) is 16.2. The standard InChI is InChI=1S/C24H28N2O6/c1-30-21-6-4-3-5-19(21)17-9-7-16(8-10-17)15-20(24(28)29)25-23(27)22(26-31-2)18-11-13-32-14-12-18/h3-10,18,20H,11-15H2,1-2H3,(H,25,27)(H,28,29)/t20-/m0/s1. The summed E-state index contributed by atoms with van der Waals surface area (Å²) >= 11 is 0. The molecule has 2 N–H and O–H groups in total. The average Bonchev–Trinajstić information content (AvgIpc) is 2.83. The highest BCUT2D eigenvalue weighted by Gasteiger charge is 2.29. The van der Waals surface area contributed by atoms with Crippen molar-refractivity contribution < 1.29 is 29.0 Å². The minimum atomic E-state index is -1.11. The first kappa shape index (κ1) is 23.3. The molecule has 0 radical (unpaired) electrons. The predicted octanol–water partition coefficient (Wildman–Crippen LogP) is 2.90. The summed E-state index contributed by atoms with van der Waals surface area (Å²) in [7, 11) is 2.99. The minimum Gasteiger partial charge on any atom is -0.496 e. The van der Waals surface area contributed by atoms with Crippen molar-refractivity contribution in [2.45, 2.75) is 25.3 Å². The maximum Gasteiger partial charge on any atom is 0.326 e. The Labute approximate surface area is 187 Å². The zero-order chi connectivity index (χ0) is 22.9. The Bertz CT molecular complexity index is 951. The van der Waals surface area contributed by atoms with Gasteiger partial charge in [0.05, 0.1) is 7.11 Å². The fraction of sp³-hybridized carbons (Fsp3) is 0.375. The summed E-state index contributed by atoms with van der Waals surface area (Å²) < 4.78 is 10.7. The van der Waals surface area contributed by atoms with E-state index in [-0.39, 0.29) is 18.1 Å². The highest BCUT2D eigenvalue weighted by Crippen LogP contribution is 2.29. The van der Waals surface area contributed by atoms with Crippen molar-refractivity contribution in [1.29, 1.82) is 0 Å². The molecule has 0 spiro atoms. The van der Waals surface area contributed by atoms with Crippen LogP contribution in [0.1, 0.15) is 18.4 Å². The lowest BCUT2D eigenvalue weighted by Gasteiger charge is -2.23. The Hall–Kier alpha value is -3.39. The molecule has 0 bridgehead atoms. The third-order valence-electron chi connectivity index (χ3n) is 5.45. The Morgan fingerprint density at radius 3 is 2.44 bits per heavy atom. The number of hydrogen-bond donors (Lipinski definition) is 2. The molecule has 1 aliphatic rings. The van der Waals surface area contributed by atoms with Gasteiger partial charge >= 0.3 is 5.97 Å². The molecule has 1 fully saturated rings. The fourth-order valence-electron chi connectivity index (χ4n) is 3.74. The molecule has 0 aliphatic carbocycles. The summed E-state index contributed by atoms with van der Waals surface area (Å²) in [6.45, 7) is 1.06. The number of carbonyl (C=O) groups excluding carboxylic acids is 1. The van der Waals surface area contributed by atoms with E-state index in [1.54, 1.807) is 7.11 Å². The van der Waals surface area contributed by atoms with Crippen molar-refractivity contribution in [3.63, 3.8) is 0 Å². The van der Waals surface area contributed by atoms with E-state index in [0.717, 1.165) is 22.4 Å². The van der Waals surface area contributed by atoms with Crippen LogP contribution in [0.15, 0.2) is 53.7 Å². The lowest BCUT2D eigenvalue weighted by molar-refractivity contribution is -0.141. The number of ether oxygens (including phenoxy) is 2. The molecular weight excluding hydrogens is 412 g/mol. The fourth-order valence-corrected chi connectivity index (χ4v) is 3.74. The first-order chi connectivity index (χ1) is 15.5. The Morgan fingerprint density at radius 2 is 1.81 bits per heavy atom. The van der Waals surface area contributed by atoms with Gasteiger partial charge in [0.15, 0.2) is 0 Å². The van der Waals surface area contributed by atoms with Gasteiger partial charge in [0, 0.05) is 31.1 Å². The molecule has 0 aromatic heterocycles. The number of carboxylic acids is 1. The van der Waals surface area contributed by atoms with Gasteiger partial charge < -0.3 is 24.7 Å². The van der Waals surface area contributed by atoms with E-state index < -0.39 is 17.9 Å². The van der Waals surface area contributed by atoms with Gasteiger partial charge in [0.25, 0.3) is 5.91 Å². The topological polar surface area (TPSA) is 106 Å². The molecular formula is C24H28N2O6. The van der Waals surface area contributed by atoms with Crippen molar-refractivity contribution in [1.82, 2.24) is 5.32 Å². The first-order valence-electron chi connectivity index (χ1n) is 10.5. The van der Waals surface area contributed by atoms with Gasteiger partial charge in [-0.2, -0.15) is 0 Å². The molecule has 0 saturated carbocycles. The number of rotatable bonds is 9. The SMILES string of the molecule is CON=C(C(=O)N[C@@H](Cc1ccc(-c2ccccc2OC)cc1)C(=O)O)C1CCOCC1. The summed E-state index contributed by atoms with van der Waals surface area (Å²) in [6.07, 6.45) is 1.41. The quantitative estimate of drug-likeness (QED) is 0.459. The molecule has 1 amide bonds. The zero-order valence-electron chi connectivity index (χ0n) is 18.2. The number of amides is 1. The van der Waals surface area contributed by atoms with E-state index in [9.17, 15) is 14.7 Å². The smallest absolute Gasteiger partial charge is 0.326 e. The van der Waals surface area contributed by atoms with Crippen LogP contribution in [0.2, 0.25) is 0 Å². The van der Waals surface area contributed by atoms with Crippen molar-refractivity contribution in [2.75, 3.05) is 27.4 Å². The number of methoxy groups -OCH3 is 1. The van der Waals surface area contributed by atoms with Crippen molar-refractivity contribution >= 4 is 17.6 Å². The Balaban J connectivity index is 1.71. The number of para-hydroxylation sites is 1. The normalized spacial score (nSPS) is 15.6. The molecule has 0 unspecified atom stereocenters. The lowest BCUT2D eigenvalue weighted by Crippen LogP contribution is -2.47. The Kier molecular flexibility index (Phi) is 8.21. The lowest BCUT2D eigenvalue weighted by atomic mass is 9.93. The van der Waals surface area contributed by atoms with Crippen LogP contribution in [0.25, 0.3) is 11.1 Å². The predicted molar refractivity (Wildman–Crippen MR) is 120 cm³/mol. The maximum atomic E-state index is 12.8. The van der Waals surface area contributed by atoms with Crippen LogP contribution in [-0.2, 0) is 25.6 Å². The van der Waals surface area contributed by atoms with Crippen LogP contribution in [0.3, 0.4) is 0 Å². The largest absolute Gasteiger partial charge is 0.496 e. The number of nitrogens with zero attached hydrogens (tertiary/aromatic N) is 1. The van der Waals surface area contributed by atoms with Gasteiger partial charge in [-0.15, -0.1) is 0 Å². The molecule has 1 atom stereocenters. The highest BCUT2D eigenvalue weighted by molar-refractivity contribution is 6.39. The van der Waals surface area contributed by atoms with Crippen LogP contribution in [0.4, 0.5) is 0 Å². The molecule has 1 saturated heterocycles. The summed E-state index contributed by atoms with van der Waals surface area (Å²) in [6, 6.07) is 14.1. The highest BCUT2D eigenvalue weighted by atomic mass is 16.6. The summed E-state index contributed by atoms with van der Waals surface area (Å²) in [4.78, 5) is 29.5. The Morgan fingerprint density at radius 1 is 1.12 bits per heavy atom. The monoisotopic (exact) mass is 440 g/mol. The van der Waals surface area contributed by atoms with E-state index in [4.69, 9.17) is 14.3 Å². The summed E-state index contributed by atoms with van der Waals surface area (Å²) in [5.74, 6) is -1.01. The second kappa shape index (κ2) is 11.3. The third-order valence-corrected chi connectivity index (χ3v) is 5.45. The molecule has 1 heterocycles. The first-order valence-corrected chi connectivity index (χ1v) is 10.5. The number of hydrogen-bond acceptors (Lipinski definition) is 6. The van der Waals surface area contributed by atoms with Gasteiger partial charge in [-0.05, 0) is 30.0 Å². The van der Waals surface area contributed by atoms with E-state index in [1.807, 2.05) is 48.5 Å². The van der Waals surface area contributed by atoms with E-state index in [0.29, 0.717) is 26.1 Å². The van der Waals surface area contributed by atoms with Crippen LogP contribution in [-0.4, -0.2) is 56.2 Å². The van der Waals surface area contributed by atoms with Gasteiger partial charge in [-0.1, -0.05) is 47.6 Å². The average molecular weight is 440 g/mol. The second-order valence-electron chi connectivity index (χ2n) is 7.51. The molecule has 8 heteroatoms. The molecule has 32 heavy (non-hydrogen) atoms. The second-order valence-corrected chi connectivity index (χ2v) is 7.51. The number of benzene rings is 2. The number of carbonyl (C=O) groups is 2. The van der Waals surface area contributed by atoms with Gasteiger partial charge in [-0.25, -0.2) is 4.79 Å². The molecule has 3 rings (SSSR count). The number of aliphatic carboxylic acids is 1. The van der Waals surface area contributed by atoms with Crippen molar-refractivity contribution in [3.8, 4) is 16.9 Å². The molecule has 1 aliphatic heterocycles. The van der Waals surface area contributed by atoms with Crippen LogP contribution in [0, 0.1) is 5.92 Å². The zero-order valence-corrected chi connectivity index (χ0v) is 18.2. The number of nitrogens with one attached hydrogen (secondary N) is 1. The van der Waals surface area contributed by atoms with Crippen molar-refractivity contribution in [2.24, 2.45) is 11.1 Å². The molecule has 2 aromatic carbocycles. The van der Waals surface area contributed by atoms with E-state index >= 15 is 0 Å². The van der Waals surface area contributed by atoms with Gasteiger partial charge in [0.1, 0.15) is 24.6 Å². The van der Waals surface area contributed by atoms with E-state index in [2.05, 4.69) is 10.5 Å². The molecule has 170 valence electrons. The minimum absolute atomic E-state index is 0.127. The van der Waals surface area contributed by atoms with Gasteiger partial charge in [0.2, 0.25) is 0 Å². The number of carboxylic acid groups (broad SMARTS) is 1. The number of oxime groups is 1. The molecule has 2 aromatic rings. The van der Waals surface area contributed by atoms with Gasteiger partial charge in [-0.3, -0.25) is 4.79 Å². The van der Waals surface area contributed by atoms with Crippen molar-refractivity contribution in [3.05, 3.63) is 54.1 Å². The van der Waals surface area contributed by atoms with E-state index in [1.165, 1.54) is 7.11 Å². The molecule has 8 nitrogen and oxygen atoms in total. The van der Waals surface area contributed by atoms with Crippen LogP contribution < -0.4 is 10.1 Å².